The number of ether oxygens (including phenoxy) is 1. The smallest absolute Gasteiger partial charge is 0.171 e. The zero-order valence-corrected chi connectivity index (χ0v) is 10.1. The summed E-state index contributed by atoms with van der Waals surface area (Å²) in [7, 11) is 0. The molecule has 0 saturated carbocycles. The Morgan fingerprint density at radius 3 is 2.50 bits per heavy atom. The number of aryl methyl sites for hydroxylation is 1. The van der Waals surface area contributed by atoms with Gasteiger partial charge in [-0.3, -0.25) is 0 Å². The highest BCUT2D eigenvalue weighted by Crippen LogP contribution is 2.52. The molecule has 3 rings (SSSR count). The van der Waals surface area contributed by atoms with Crippen LogP contribution in [-0.2, 0) is 10.3 Å². The Labute approximate surface area is 98.9 Å². The SMILES string of the molecule is Cc1csc([C@@]2(c3ccccc3)O[C@@H]2C)n1. The molecule has 1 aromatic heterocycles. The highest BCUT2D eigenvalue weighted by atomic mass is 32.1. The molecule has 0 spiro atoms. The summed E-state index contributed by atoms with van der Waals surface area (Å²) in [5.41, 5.74) is 2.00. The molecule has 2 aromatic rings. The van der Waals surface area contributed by atoms with Crippen LogP contribution in [0.1, 0.15) is 23.2 Å². The molecule has 1 aliphatic heterocycles. The number of aromatic nitrogens is 1. The van der Waals surface area contributed by atoms with E-state index in [1.54, 1.807) is 11.3 Å². The number of thiazole rings is 1. The van der Waals surface area contributed by atoms with E-state index in [9.17, 15) is 0 Å². The van der Waals surface area contributed by atoms with Gasteiger partial charge in [-0.05, 0) is 19.4 Å². The molecule has 0 radical (unpaired) electrons. The van der Waals surface area contributed by atoms with Crippen molar-refractivity contribution in [2.45, 2.75) is 25.6 Å². The van der Waals surface area contributed by atoms with E-state index in [1.165, 1.54) is 5.56 Å². The third kappa shape index (κ3) is 1.32. The van der Waals surface area contributed by atoms with Gasteiger partial charge in [-0.25, -0.2) is 4.98 Å². The van der Waals surface area contributed by atoms with Gasteiger partial charge in [-0.15, -0.1) is 11.3 Å². The monoisotopic (exact) mass is 231 g/mol. The number of rotatable bonds is 2. The van der Waals surface area contributed by atoms with Gasteiger partial charge in [0.05, 0.1) is 6.10 Å². The third-order valence-electron chi connectivity index (χ3n) is 3.02. The van der Waals surface area contributed by atoms with Crippen molar-refractivity contribution in [3.63, 3.8) is 0 Å². The lowest BCUT2D eigenvalue weighted by Gasteiger charge is -2.09. The van der Waals surface area contributed by atoms with Gasteiger partial charge in [0.15, 0.2) is 5.60 Å². The third-order valence-corrected chi connectivity index (χ3v) is 4.09. The van der Waals surface area contributed by atoms with Crippen LogP contribution in [0.2, 0.25) is 0 Å². The van der Waals surface area contributed by atoms with E-state index in [0.717, 1.165) is 10.7 Å². The van der Waals surface area contributed by atoms with Gasteiger partial charge in [0.2, 0.25) is 0 Å². The van der Waals surface area contributed by atoms with E-state index < -0.39 is 0 Å². The van der Waals surface area contributed by atoms with E-state index in [1.807, 2.05) is 25.1 Å². The van der Waals surface area contributed by atoms with E-state index >= 15 is 0 Å². The highest BCUT2D eigenvalue weighted by Gasteiger charge is 2.58. The summed E-state index contributed by atoms with van der Waals surface area (Å²) >= 11 is 1.68. The molecule has 1 aromatic carbocycles. The molecule has 3 heteroatoms. The summed E-state index contributed by atoms with van der Waals surface area (Å²) in [4.78, 5) is 4.57. The normalized spacial score (nSPS) is 28.0. The molecule has 2 atom stereocenters. The molecule has 1 fully saturated rings. The van der Waals surface area contributed by atoms with Gasteiger partial charge in [0.25, 0.3) is 0 Å². The predicted octanol–water partition coefficient (Wildman–Crippen LogP) is 3.11. The predicted molar refractivity (Wildman–Crippen MR) is 64.6 cm³/mol. The van der Waals surface area contributed by atoms with Crippen LogP contribution in [-0.4, -0.2) is 11.1 Å². The van der Waals surface area contributed by atoms with Crippen LogP contribution in [0, 0.1) is 6.92 Å². The van der Waals surface area contributed by atoms with Crippen LogP contribution in [0.15, 0.2) is 35.7 Å². The largest absolute Gasteiger partial charge is 0.353 e. The average Bonchev–Trinajstić information content (AvgIpc) is 2.79. The summed E-state index contributed by atoms with van der Waals surface area (Å²) in [6.07, 6.45) is 0.223. The molecule has 16 heavy (non-hydrogen) atoms. The fourth-order valence-electron chi connectivity index (χ4n) is 2.11. The number of nitrogens with zero attached hydrogens (tertiary/aromatic N) is 1. The van der Waals surface area contributed by atoms with Crippen LogP contribution in [0.4, 0.5) is 0 Å². The first-order valence-electron chi connectivity index (χ1n) is 5.39. The quantitative estimate of drug-likeness (QED) is 0.742. The van der Waals surface area contributed by atoms with Gasteiger partial charge < -0.3 is 4.74 Å². The molecule has 0 amide bonds. The lowest BCUT2D eigenvalue weighted by molar-refractivity contribution is 0.331. The van der Waals surface area contributed by atoms with Crippen molar-refractivity contribution < 1.29 is 4.74 Å². The summed E-state index contributed by atoms with van der Waals surface area (Å²) in [5.74, 6) is 0. The number of benzene rings is 1. The maximum atomic E-state index is 5.84. The van der Waals surface area contributed by atoms with Crippen LogP contribution >= 0.6 is 11.3 Å². The minimum Gasteiger partial charge on any atom is -0.353 e. The summed E-state index contributed by atoms with van der Waals surface area (Å²) in [6.45, 7) is 4.12. The topological polar surface area (TPSA) is 25.4 Å². The van der Waals surface area contributed by atoms with Crippen LogP contribution in [0.3, 0.4) is 0 Å². The lowest BCUT2D eigenvalue weighted by Crippen LogP contribution is -2.13. The van der Waals surface area contributed by atoms with Crippen molar-refractivity contribution in [1.29, 1.82) is 0 Å². The van der Waals surface area contributed by atoms with Crippen molar-refractivity contribution in [2.24, 2.45) is 0 Å². The van der Waals surface area contributed by atoms with Crippen molar-refractivity contribution in [1.82, 2.24) is 4.98 Å². The Bertz CT molecular complexity index is 508. The molecule has 0 N–H and O–H groups in total. The summed E-state index contributed by atoms with van der Waals surface area (Å²) in [6, 6.07) is 10.3. The molecule has 0 bridgehead atoms. The Hall–Kier alpha value is -1.19. The van der Waals surface area contributed by atoms with Crippen molar-refractivity contribution in [3.05, 3.63) is 52.0 Å². The zero-order chi connectivity index (χ0) is 11.2. The average molecular weight is 231 g/mol. The molecule has 2 heterocycles. The van der Waals surface area contributed by atoms with Crippen LogP contribution in [0.25, 0.3) is 0 Å². The molecule has 0 aliphatic carbocycles. The molecule has 1 saturated heterocycles. The number of epoxide rings is 1. The van der Waals surface area contributed by atoms with E-state index in [-0.39, 0.29) is 11.7 Å². The second kappa shape index (κ2) is 3.40. The number of hydrogen-bond acceptors (Lipinski definition) is 3. The second-order valence-electron chi connectivity index (χ2n) is 4.16. The molecular formula is C13H13NOS. The van der Waals surface area contributed by atoms with Crippen molar-refractivity contribution in [3.8, 4) is 0 Å². The minimum absolute atomic E-state index is 0.223. The van der Waals surface area contributed by atoms with Gasteiger partial charge >= 0.3 is 0 Å². The molecule has 2 nitrogen and oxygen atoms in total. The van der Waals surface area contributed by atoms with Crippen LogP contribution < -0.4 is 0 Å². The zero-order valence-electron chi connectivity index (χ0n) is 9.31. The summed E-state index contributed by atoms with van der Waals surface area (Å²) < 4.78 is 5.84. The van der Waals surface area contributed by atoms with Crippen molar-refractivity contribution >= 4 is 11.3 Å². The van der Waals surface area contributed by atoms with Gasteiger partial charge in [-0.2, -0.15) is 0 Å². The fraction of sp³-hybridized carbons (Fsp3) is 0.308. The second-order valence-corrected chi connectivity index (χ2v) is 5.01. The first-order chi connectivity index (χ1) is 7.73. The lowest BCUT2D eigenvalue weighted by atomic mass is 9.97. The van der Waals surface area contributed by atoms with Crippen molar-refractivity contribution in [2.75, 3.05) is 0 Å². The maximum absolute atomic E-state index is 5.84. The standard InChI is InChI=1S/C13H13NOS/c1-9-8-16-12(14-9)13(10(2)15-13)11-6-4-3-5-7-11/h3-8,10H,1-2H3/t10-,13-/m1/s1. The summed E-state index contributed by atoms with van der Waals surface area (Å²) in [5, 5.41) is 3.15. The van der Waals surface area contributed by atoms with Gasteiger partial charge in [0, 0.05) is 11.1 Å². The molecular weight excluding hydrogens is 218 g/mol. The van der Waals surface area contributed by atoms with Crippen LogP contribution in [0.5, 0.6) is 0 Å². The maximum Gasteiger partial charge on any atom is 0.171 e. The first kappa shape index (κ1) is 10.00. The molecule has 1 aliphatic rings. The van der Waals surface area contributed by atoms with E-state index in [0.29, 0.717) is 0 Å². The Morgan fingerprint density at radius 1 is 1.31 bits per heavy atom. The Morgan fingerprint density at radius 2 is 2.00 bits per heavy atom. The highest BCUT2D eigenvalue weighted by molar-refractivity contribution is 7.09. The van der Waals surface area contributed by atoms with Gasteiger partial charge in [-0.1, -0.05) is 30.3 Å². The minimum atomic E-state index is -0.278. The van der Waals surface area contributed by atoms with Gasteiger partial charge in [0.1, 0.15) is 5.01 Å². The van der Waals surface area contributed by atoms with E-state index in [4.69, 9.17) is 4.74 Å². The molecule has 0 unspecified atom stereocenters. The fourth-order valence-corrected chi connectivity index (χ4v) is 3.14. The van der Waals surface area contributed by atoms with E-state index in [2.05, 4.69) is 29.4 Å². The first-order valence-corrected chi connectivity index (χ1v) is 6.27. The molecule has 82 valence electrons. The number of hydrogen-bond donors (Lipinski definition) is 0. The Balaban J connectivity index is 2.09. The Kier molecular flexibility index (Phi) is 2.13.